The first kappa shape index (κ1) is 8.80. The van der Waals surface area contributed by atoms with Crippen LogP contribution >= 0.6 is 0 Å². The fourth-order valence-electron chi connectivity index (χ4n) is 2.42. The Morgan fingerprint density at radius 3 is 2.77 bits per heavy atom. The molecule has 1 aromatic carbocycles. The summed E-state index contributed by atoms with van der Waals surface area (Å²) in [7, 11) is 0. The van der Waals surface area contributed by atoms with Crippen molar-refractivity contribution in [1.82, 2.24) is 0 Å². The zero-order valence-electron chi connectivity index (χ0n) is 8.29. The molecule has 1 aromatic rings. The highest BCUT2D eigenvalue weighted by Crippen LogP contribution is 2.36. The molecule has 2 unspecified atom stereocenters. The minimum Gasteiger partial charge on any atom is -0.0619 e. The second kappa shape index (κ2) is 3.95. The number of hydrogen-bond acceptors (Lipinski definition) is 0. The second-order valence-electron chi connectivity index (χ2n) is 4.19. The topological polar surface area (TPSA) is 0 Å². The van der Waals surface area contributed by atoms with Crippen molar-refractivity contribution in [3.05, 3.63) is 35.9 Å². The molecule has 1 fully saturated rings. The van der Waals surface area contributed by atoms with Crippen LogP contribution in [0, 0.1) is 12.0 Å². The molecule has 0 spiro atoms. The van der Waals surface area contributed by atoms with Gasteiger partial charge in [0.25, 0.3) is 0 Å². The van der Waals surface area contributed by atoms with E-state index in [1.165, 1.54) is 31.2 Å². The van der Waals surface area contributed by atoms with Crippen LogP contribution in [0.1, 0.15) is 44.1 Å². The molecule has 69 valence electrons. The van der Waals surface area contributed by atoms with Crippen LogP contribution in [0.4, 0.5) is 0 Å². The fraction of sp³-hybridized carbons (Fsp3) is 0.538. The molecule has 0 N–H and O–H groups in total. The maximum atomic E-state index is 3.37. The van der Waals surface area contributed by atoms with Gasteiger partial charge in [-0.2, -0.15) is 0 Å². The van der Waals surface area contributed by atoms with E-state index in [1.807, 2.05) is 6.07 Å². The monoisotopic (exact) mass is 173 g/mol. The van der Waals surface area contributed by atoms with Gasteiger partial charge in [-0.3, -0.25) is 0 Å². The Hall–Kier alpha value is -0.780. The molecule has 0 heteroatoms. The average Bonchev–Trinajstić information content (AvgIpc) is 2.20. The molecule has 13 heavy (non-hydrogen) atoms. The Labute approximate surface area is 81.0 Å². The molecular weight excluding hydrogens is 156 g/mol. The lowest BCUT2D eigenvalue weighted by molar-refractivity contribution is 0.330. The lowest BCUT2D eigenvalue weighted by atomic mass is 9.76. The van der Waals surface area contributed by atoms with E-state index in [2.05, 4.69) is 31.2 Å². The lowest BCUT2D eigenvalue weighted by Gasteiger charge is -2.28. The summed E-state index contributed by atoms with van der Waals surface area (Å²) in [6.45, 7) is 2.38. The van der Waals surface area contributed by atoms with Crippen molar-refractivity contribution < 1.29 is 0 Å². The molecule has 1 aliphatic rings. The fourth-order valence-corrected chi connectivity index (χ4v) is 2.42. The third kappa shape index (κ3) is 1.93. The van der Waals surface area contributed by atoms with Gasteiger partial charge in [-0.05, 0) is 29.9 Å². The van der Waals surface area contributed by atoms with E-state index < -0.39 is 0 Å². The molecule has 0 heterocycles. The van der Waals surface area contributed by atoms with Gasteiger partial charge in [0.2, 0.25) is 0 Å². The average molecular weight is 173 g/mol. The van der Waals surface area contributed by atoms with Crippen LogP contribution in [0.15, 0.2) is 24.3 Å². The molecule has 1 aliphatic carbocycles. The lowest BCUT2D eigenvalue weighted by Crippen LogP contribution is -2.14. The maximum Gasteiger partial charge on any atom is -0.0130 e. The van der Waals surface area contributed by atoms with Crippen LogP contribution in [0.3, 0.4) is 0 Å². The van der Waals surface area contributed by atoms with Gasteiger partial charge in [0.05, 0.1) is 0 Å². The van der Waals surface area contributed by atoms with Crippen molar-refractivity contribution in [1.29, 1.82) is 0 Å². The Morgan fingerprint density at radius 2 is 2.08 bits per heavy atom. The Bertz CT molecular complexity index is 250. The maximum absolute atomic E-state index is 3.37. The number of rotatable bonds is 1. The van der Waals surface area contributed by atoms with E-state index in [9.17, 15) is 0 Å². The first-order valence-electron chi connectivity index (χ1n) is 5.34. The number of hydrogen-bond donors (Lipinski definition) is 0. The van der Waals surface area contributed by atoms with E-state index in [4.69, 9.17) is 0 Å². The van der Waals surface area contributed by atoms with Gasteiger partial charge in [-0.25, -0.2) is 0 Å². The summed E-state index contributed by atoms with van der Waals surface area (Å²) in [6, 6.07) is 11.8. The molecule has 0 saturated heterocycles. The Balaban J connectivity index is 2.15. The van der Waals surface area contributed by atoms with E-state index in [1.54, 1.807) is 0 Å². The largest absolute Gasteiger partial charge is 0.0619 e. The highest BCUT2D eigenvalue weighted by Gasteiger charge is 2.22. The first-order chi connectivity index (χ1) is 6.38. The highest BCUT2D eigenvalue weighted by atomic mass is 14.3. The zero-order valence-corrected chi connectivity index (χ0v) is 8.29. The smallest absolute Gasteiger partial charge is 0.0130 e. The predicted molar refractivity (Wildman–Crippen MR) is 55.7 cm³/mol. The summed E-state index contributed by atoms with van der Waals surface area (Å²) in [5, 5.41) is 0. The molecule has 2 rings (SSSR count). The summed E-state index contributed by atoms with van der Waals surface area (Å²) in [6.07, 6.45) is 5.58. The van der Waals surface area contributed by atoms with Crippen molar-refractivity contribution in [3.8, 4) is 0 Å². The van der Waals surface area contributed by atoms with E-state index in [0.29, 0.717) is 0 Å². The normalized spacial score (nSPS) is 28.7. The Morgan fingerprint density at radius 1 is 1.23 bits per heavy atom. The van der Waals surface area contributed by atoms with Gasteiger partial charge in [-0.15, -0.1) is 0 Å². The summed E-state index contributed by atoms with van der Waals surface area (Å²) in [5.41, 5.74) is 1.43. The molecule has 0 aromatic heterocycles. The quantitative estimate of drug-likeness (QED) is 0.606. The Kier molecular flexibility index (Phi) is 2.68. The van der Waals surface area contributed by atoms with Crippen molar-refractivity contribution >= 4 is 0 Å². The molecule has 0 aliphatic heterocycles. The SMILES string of the molecule is CC1CCCCC1c1[c]cccc1. The molecule has 0 amide bonds. The molecule has 1 saturated carbocycles. The van der Waals surface area contributed by atoms with Crippen LogP contribution in [0.2, 0.25) is 0 Å². The molecular formula is C13H17. The minimum absolute atomic E-state index is 0.773. The van der Waals surface area contributed by atoms with Gasteiger partial charge in [0.15, 0.2) is 0 Å². The van der Waals surface area contributed by atoms with Crippen molar-refractivity contribution in [2.75, 3.05) is 0 Å². The van der Waals surface area contributed by atoms with E-state index in [0.717, 1.165) is 11.8 Å². The summed E-state index contributed by atoms with van der Waals surface area (Å²) in [4.78, 5) is 0. The van der Waals surface area contributed by atoms with Crippen LogP contribution in [0.5, 0.6) is 0 Å². The summed E-state index contributed by atoms with van der Waals surface area (Å²) in [5.74, 6) is 1.63. The van der Waals surface area contributed by atoms with Crippen LogP contribution in [-0.2, 0) is 0 Å². The second-order valence-corrected chi connectivity index (χ2v) is 4.19. The van der Waals surface area contributed by atoms with Gasteiger partial charge in [-0.1, -0.05) is 50.5 Å². The predicted octanol–water partition coefficient (Wildman–Crippen LogP) is 3.78. The highest BCUT2D eigenvalue weighted by molar-refractivity contribution is 5.19. The van der Waals surface area contributed by atoms with Crippen LogP contribution in [-0.4, -0.2) is 0 Å². The third-order valence-corrected chi connectivity index (χ3v) is 3.24. The van der Waals surface area contributed by atoms with Crippen LogP contribution in [0.25, 0.3) is 0 Å². The minimum atomic E-state index is 0.773. The van der Waals surface area contributed by atoms with Gasteiger partial charge in [0, 0.05) is 0 Å². The van der Waals surface area contributed by atoms with Gasteiger partial charge in [0.1, 0.15) is 0 Å². The number of benzene rings is 1. The summed E-state index contributed by atoms with van der Waals surface area (Å²) < 4.78 is 0. The molecule has 0 nitrogen and oxygen atoms in total. The standard InChI is InChI=1S/C13H17/c1-11-7-5-6-10-13(11)12-8-3-2-4-9-12/h2-4,8,11,13H,5-7,10H2,1H3. The van der Waals surface area contributed by atoms with Crippen LogP contribution < -0.4 is 0 Å². The summed E-state index contributed by atoms with van der Waals surface area (Å²) >= 11 is 0. The van der Waals surface area contributed by atoms with Crippen molar-refractivity contribution in [2.24, 2.45) is 5.92 Å². The first-order valence-corrected chi connectivity index (χ1v) is 5.34. The van der Waals surface area contributed by atoms with Gasteiger partial charge >= 0.3 is 0 Å². The van der Waals surface area contributed by atoms with Gasteiger partial charge < -0.3 is 0 Å². The zero-order chi connectivity index (χ0) is 9.10. The third-order valence-electron chi connectivity index (χ3n) is 3.24. The molecule has 0 bridgehead atoms. The van der Waals surface area contributed by atoms with Crippen molar-refractivity contribution in [3.63, 3.8) is 0 Å². The molecule has 2 atom stereocenters. The van der Waals surface area contributed by atoms with E-state index in [-0.39, 0.29) is 0 Å². The van der Waals surface area contributed by atoms with E-state index >= 15 is 0 Å². The van der Waals surface area contributed by atoms with Crippen molar-refractivity contribution in [2.45, 2.75) is 38.5 Å². The molecule has 1 radical (unpaired) electrons.